The summed E-state index contributed by atoms with van der Waals surface area (Å²) in [6, 6.07) is 0. The van der Waals surface area contributed by atoms with Gasteiger partial charge in [0.2, 0.25) is 0 Å². The molecule has 0 unspecified atom stereocenters. The van der Waals surface area contributed by atoms with E-state index in [0.717, 1.165) is 0 Å². The molecule has 0 saturated heterocycles. The Bertz CT molecular complexity index is 202. The van der Waals surface area contributed by atoms with E-state index in [1.165, 1.54) is 0 Å². The zero-order valence-electron chi connectivity index (χ0n) is 3.96. The molecular formula is H3N3O5S. The first-order valence-corrected chi connectivity index (χ1v) is 2.92. The van der Waals surface area contributed by atoms with Crippen LogP contribution in [0, 0.1) is 10.1 Å². The molecule has 8 nitrogen and oxygen atoms in total. The van der Waals surface area contributed by atoms with Gasteiger partial charge in [-0.2, -0.15) is 14.3 Å². The van der Waals surface area contributed by atoms with Crippen molar-refractivity contribution in [1.82, 2.24) is 4.52 Å². The normalized spacial score (nSPS) is 10.9. The molecule has 9 heavy (non-hydrogen) atoms. The highest BCUT2D eigenvalue weighted by Crippen LogP contribution is 1.85. The first kappa shape index (κ1) is 8.07. The van der Waals surface area contributed by atoms with Crippen molar-refractivity contribution in [2.24, 2.45) is 5.84 Å². The third-order valence-electron chi connectivity index (χ3n) is 0.397. The van der Waals surface area contributed by atoms with E-state index in [2.05, 4.69) is 5.84 Å². The van der Waals surface area contributed by atoms with Gasteiger partial charge in [0.05, 0.1) is 4.52 Å². The summed E-state index contributed by atoms with van der Waals surface area (Å²) in [4.78, 5) is 9.41. The number of hydrogen-bond acceptors (Lipinski definition) is 5. The zero-order valence-corrected chi connectivity index (χ0v) is 4.78. The van der Waals surface area contributed by atoms with Gasteiger partial charge >= 0.3 is 10.3 Å². The van der Waals surface area contributed by atoms with Crippen LogP contribution in [-0.2, 0) is 10.3 Å². The van der Waals surface area contributed by atoms with E-state index in [1.54, 1.807) is 0 Å². The highest BCUT2D eigenvalue weighted by atomic mass is 32.2. The van der Waals surface area contributed by atoms with Gasteiger partial charge < -0.3 is 0 Å². The maximum Gasteiger partial charge on any atom is 0.425 e. The van der Waals surface area contributed by atoms with Crippen LogP contribution in [-0.4, -0.2) is 22.5 Å². The number of nitro groups is 1. The summed E-state index contributed by atoms with van der Waals surface area (Å²) in [6.45, 7) is 0. The van der Waals surface area contributed by atoms with E-state index in [4.69, 9.17) is 4.55 Å². The summed E-state index contributed by atoms with van der Waals surface area (Å²) >= 11 is 0. The van der Waals surface area contributed by atoms with Gasteiger partial charge in [-0.15, -0.1) is 0 Å². The molecule has 0 fully saturated rings. The summed E-state index contributed by atoms with van der Waals surface area (Å²) in [5, 5.41) is 7.94. The highest BCUT2D eigenvalue weighted by Gasteiger charge is 2.23. The third-order valence-corrected chi connectivity index (χ3v) is 1.00. The van der Waals surface area contributed by atoms with E-state index < -0.39 is 19.9 Å². The molecule has 0 bridgehead atoms. The molecule has 54 valence electrons. The summed E-state index contributed by atoms with van der Waals surface area (Å²) in [6.07, 6.45) is 0. The molecule has 3 N–H and O–H groups in total. The van der Waals surface area contributed by atoms with E-state index in [9.17, 15) is 18.5 Å². The Labute approximate surface area is 49.8 Å². The smallest absolute Gasteiger partial charge is 0.264 e. The van der Waals surface area contributed by atoms with Crippen LogP contribution in [0.5, 0.6) is 0 Å². The molecule has 0 heterocycles. The number of nitrogens with zero attached hydrogens (tertiary/aromatic N) is 2. The molecule has 0 amide bonds. The fourth-order valence-corrected chi connectivity index (χ4v) is 0.253. The molecule has 0 aliphatic rings. The van der Waals surface area contributed by atoms with E-state index in [0.29, 0.717) is 0 Å². The van der Waals surface area contributed by atoms with E-state index in [-0.39, 0.29) is 0 Å². The van der Waals surface area contributed by atoms with Crippen LogP contribution in [0.15, 0.2) is 0 Å². The van der Waals surface area contributed by atoms with Crippen molar-refractivity contribution in [3.05, 3.63) is 10.1 Å². The first-order valence-electron chi connectivity index (χ1n) is 1.52. The lowest BCUT2D eigenvalue weighted by molar-refractivity contribution is -0.624. The van der Waals surface area contributed by atoms with Gasteiger partial charge in [-0.25, -0.2) is 10.1 Å². The van der Waals surface area contributed by atoms with Crippen LogP contribution in [0.25, 0.3) is 0 Å². The minimum Gasteiger partial charge on any atom is -0.264 e. The number of nitrogens with two attached hydrogens (primary N) is 1. The lowest BCUT2D eigenvalue weighted by Gasteiger charge is -1.99. The SMILES string of the molecule is NN([N+](=O)[O-])S(=O)(=O)O. The fourth-order valence-electron chi connectivity index (χ4n) is 0.0842. The number of rotatable bonds is 2. The maximum atomic E-state index is 9.69. The van der Waals surface area contributed by atoms with Crippen molar-refractivity contribution in [2.45, 2.75) is 0 Å². The van der Waals surface area contributed by atoms with Crippen LogP contribution >= 0.6 is 0 Å². The summed E-state index contributed by atoms with van der Waals surface area (Å²) in [5.74, 6) is 4.19. The van der Waals surface area contributed by atoms with Crippen LogP contribution in [0.2, 0.25) is 0 Å². The monoisotopic (exact) mass is 157 g/mol. The fraction of sp³-hybridized carbons (Fsp3) is 0. The van der Waals surface area contributed by atoms with Crippen molar-refractivity contribution in [1.29, 1.82) is 0 Å². The van der Waals surface area contributed by atoms with Crippen molar-refractivity contribution >= 4 is 10.3 Å². The van der Waals surface area contributed by atoms with Crippen LogP contribution in [0.1, 0.15) is 0 Å². The molecular weight excluding hydrogens is 154 g/mol. The lowest BCUT2D eigenvalue weighted by atomic mass is 12.4. The van der Waals surface area contributed by atoms with Crippen LogP contribution in [0.3, 0.4) is 0 Å². The van der Waals surface area contributed by atoms with E-state index >= 15 is 0 Å². The molecule has 9 heteroatoms. The van der Waals surface area contributed by atoms with Gasteiger partial charge in [0.25, 0.3) is 0 Å². The Morgan fingerprint density at radius 3 is 2.00 bits per heavy atom. The minimum atomic E-state index is -4.89. The average molecular weight is 157 g/mol. The molecule has 0 aliphatic carbocycles. The number of hydrazine groups is 2. The Morgan fingerprint density at radius 2 is 2.00 bits per heavy atom. The molecule has 0 aromatic rings. The van der Waals surface area contributed by atoms with Crippen molar-refractivity contribution in [2.75, 3.05) is 0 Å². The molecule has 0 spiro atoms. The quantitative estimate of drug-likeness (QED) is 0.210. The maximum absolute atomic E-state index is 9.69. The molecule has 0 atom stereocenters. The average Bonchev–Trinajstić information content (AvgIpc) is 1.62. The third kappa shape index (κ3) is 2.21. The van der Waals surface area contributed by atoms with Gasteiger partial charge in [0.15, 0.2) is 5.03 Å². The minimum absolute atomic E-state index is 0.896. The molecule has 0 rings (SSSR count). The largest absolute Gasteiger partial charge is 0.425 e. The topological polar surface area (TPSA) is 127 Å². The molecule has 0 aromatic carbocycles. The second kappa shape index (κ2) is 2.13. The Morgan fingerprint density at radius 1 is 1.67 bits per heavy atom. The Kier molecular flexibility index (Phi) is 1.91. The van der Waals surface area contributed by atoms with Crippen molar-refractivity contribution in [3.8, 4) is 0 Å². The predicted molar refractivity (Wildman–Crippen MR) is 24.6 cm³/mol. The summed E-state index contributed by atoms with van der Waals surface area (Å²) < 4.78 is 26.3. The summed E-state index contributed by atoms with van der Waals surface area (Å²) in [7, 11) is -4.89. The van der Waals surface area contributed by atoms with Crippen molar-refractivity contribution < 1.29 is 18.0 Å². The molecule has 0 aromatic heterocycles. The second-order valence-electron chi connectivity index (χ2n) is 0.988. The van der Waals surface area contributed by atoms with Gasteiger partial charge in [-0.3, -0.25) is 4.55 Å². The lowest BCUT2D eigenvalue weighted by Crippen LogP contribution is -2.41. The Balaban J connectivity index is 4.43. The predicted octanol–water partition coefficient (Wildman–Crippen LogP) is -1.84. The Hall–Kier alpha value is -0.930. The first-order chi connectivity index (χ1) is 3.85. The van der Waals surface area contributed by atoms with Gasteiger partial charge in [0, 0.05) is 0 Å². The van der Waals surface area contributed by atoms with Gasteiger partial charge in [0.1, 0.15) is 0 Å². The zero-order chi connectivity index (χ0) is 7.65. The van der Waals surface area contributed by atoms with Gasteiger partial charge in [-0.1, -0.05) is 0 Å². The highest BCUT2D eigenvalue weighted by molar-refractivity contribution is 7.83. The van der Waals surface area contributed by atoms with E-state index in [1.807, 2.05) is 0 Å². The van der Waals surface area contributed by atoms with Crippen LogP contribution < -0.4 is 5.84 Å². The summed E-state index contributed by atoms with van der Waals surface area (Å²) in [5.41, 5.74) is 0. The van der Waals surface area contributed by atoms with Crippen LogP contribution in [0.4, 0.5) is 0 Å². The standard InChI is InChI=1S/H3N3O5S/c1-2(3(4)5)9(6,7)8/h1H2,(H,6,7,8). The molecule has 0 radical (unpaired) electrons. The van der Waals surface area contributed by atoms with Crippen molar-refractivity contribution in [3.63, 3.8) is 0 Å². The number of hydrogen-bond donors (Lipinski definition) is 2. The van der Waals surface area contributed by atoms with Gasteiger partial charge in [-0.05, 0) is 0 Å². The second-order valence-corrected chi connectivity index (χ2v) is 2.26. The molecule has 0 saturated carbocycles. The molecule has 0 aliphatic heterocycles.